The number of imide groups is 1. The van der Waals surface area contributed by atoms with E-state index in [1.807, 2.05) is 25.3 Å². The van der Waals surface area contributed by atoms with Crippen molar-refractivity contribution in [2.75, 3.05) is 27.3 Å². The number of nitrogens with zero attached hydrogens (tertiary/aromatic N) is 6. The summed E-state index contributed by atoms with van der Waals surface area (Å²) in [5.74, 6) is 0.0789. The molecule has 0 aliphatic carbocycles. The molecule has 0 radical (unpaired) electrons. The number of methoxy groups -OCH3 is 1. The van der Waals surface area contributed by atoms with Crippen LogP contribution in [0.1, 0.15) is 22.5 Å². The molecule has 9 nitrogen and oxygen atoms in total. The van der Waals surface area contributed by atoms with E-state index in [4.69, 9.17) is 9.73 Å². The molecule has 0 saturated carbocycles. The second-order valence-corrected chi connectivity index (χ2v) is 7.96. The zero-order valence-corrected chi connectivity index (χ0v) is 18.8. The normalized spacial score (nSPS) is 18.6. The number of benzene rings is 1. The van der Waals surface area contributed by atoms with Gasteiger partial charge in [0.05, 0.1) is 25.4 Å². The predicted molar refractivity (Wildman–Crippen MR) is 115 cm³/mol. The smallest absolute Gasteiger partial charge is 0.383 e. The Bertz CT molecular complexity index is 1150. The molecule has 10 heteroatoms. The number of aryl methyl sites for hydroxylation is 1. The number of halogens is 1. The van der Waals surface area contributed by atoms with Gasteiger partial charge < -0.3 is 4.74 Å². The zero-order chi connectivity index (χ0) is 23.2. The lowest BCUT2D eigenvalue weighted by molar-refractivity contribution is -0.553. The van der Waals surface area contributed by atoms with Crippen LogP contribution >= 0.6 is 0 Å². The number of urea groups is 1. The van der Waals surface area contributed by atoms with Crippen molar-refractivity contribution >= 4 is 23.7 Å². The minimum absolute atomic E-state index is 0.140. The van der Waals surface area contributed by atoms with Crippen LogP contribution in [-0.4, -0.2) is 81.2 Å². The van der Waals surface area contributed by atoms with Crippen molar-refractivity contribution in [3.63, 3.8) is 0 Å². The molecule has 0 spiro atoms. The van der Waals surface area contributed by atoms with E-state index in [0.29, 0.717) is 11.8 Å². The molecular weight excluding hydrogens is 415 g/mol. The van der Waals surface area contributed by atoms with Crippen molar-refractivity contribution < 1.29 is 23.3 Å². The number of aliphatic imine (C=N–C) groups is 1. The second-order valence-electron chi connectivity index (χ2n) is 7.96. The number of hydrogen-bond acceptors (Lipinski definition) is 5. The van der Waals surface area contributed by atoms with Gasteiger partial charge in [-0.15, -0.1) is 9.78 Å². The van der Waals surface area contributed by atoms with Gasteiger partial charge in [-0.05, 0) is 38.5 Å². The Labute approximate surface area is 185 Å². The number of ether oxygens (including phenoxy) is 1. The first-order valence-corrected chi connectivity index (χ1v) is 10.3. The third-order valence-corrected chi connectivity index (χ3v) is 6.02. The maximum atomic E-state index is 13.5. The average Bonchev–Trinajstić information content (AvgIpc) is 3.26. The molecule has 1 atom stereocenters. The van der Waals surface area contributed by atoms with Gasteiger partial charge >= 0.3 is 12.0 Å². The van der Waals surface area contributed by atoms with Crippen LogP contribution in [0.2, 0.25) is 0 Å². The number of aromatic nitrogens is 2. The van der Waals surface area contributed by atoms with Crippen molar-refractivity contribution in [3.05, 3.63) is 52.6 Å². The Morgan fingerprint density at radius 2 is 1.84 bits per heavy atom. The molecule has 0 bridgehead atoms. The van der Waals surface area contributed by atoms with Crippen LogP contribution in [0.25, 0.3) is 0 Å². The molecule has 1 aromatic carbocycles. The third kappa shape index (κ3) is 3.50. The van der Waals surface area contributed by atoms with E-state index in [1.165, 1.54) is 29.0 Å². The SMILES string of the molecule is COCCN1C(=O)C2C(=NC(n3nc(C)c(C)c3C)=[N+]2Cc2ccc(F)cc2)N(C)C1=O. The third-order valence-electron chi connectivity index (χ3n) is 6.02. The molecular formula is C22H26FN6O3+. The highest BCUT2D eigenvalue weighted by Gasteiger charge is 2.53. The predicted octanol–water partition coefficient (Wildman–Crippen LogP) is 1.69. The number of amides is 3. The molecule has 168 valence electrons. The van der Waals surface area contributed by atoms with Crippen LogP contribution in [0.3, 0.4) is 0 Å². The standard InChI is InChI=1S/C22H26FN6O3/c1-13-14(2)25-29(15(13)3)21-24-19-18(28(21)12-16-6-8-17(23)9-7-16)20(30)27(10-11-32-5)22(31)26(19)4/h6-9,18H,10-12H2,1-5H3/q+1. The maximum Gasteiger partial charge on any atom is 0.421 e. The molecule has 1 unspecified atom stereocenters. The van der Waals surface area contributed by atoms with Crippen molar-refractivity contribution in [2.45, 2.75) is 33.4 Å². The fourth-order valence-corrected chi connectivity index (χ4v) is 3.93. The molecule has 32 heavy (non-hydrogen) atoms. The van der Waals surface area contributed by atoms with Crippen LogP contribution in [-0.2, 0) is 16.1 Å². The van der Waals surface area contributed by atoms with Gasteiger partial charge in [0, 0.05) is 19.7 Å². The van der Waals surface area contributed by atoms with Crippen LogP contribution in [0.5, 0.6) is 0 Å². The Morgan fingerprint density at radius 3 is 2.44 bits per heavy atom. The summed E-state index contributed by atoms with van der Waals surface area (Å²) in [5.41, 5.74) is 3.56. The fraction of sp³-hybridized carbons (Fsp3) is 0.409. The van der Waals surface area contributed by atoms with Gasteiger partial charge in [0.1, 0.15) is 11.5 Å². The van der Waals surface area contributed by atoms with Crippen LogP contribution < -0.4 is 0 Å². The topological polar surface area (TPSA) is 83.0 Å². The number of hydrogen-bond donors (Lipinski definition) is 0. The highest BCUT2D eigenvalue weighted by molar-refractivity contribution is 6.23. The molecule has 1 aromatic heterocycles. The van der Waals surface area contributed by atoms with Gasteiger partial charge in [0.2, 0.25) is 11.9 Å². The molecule has 2 aliphatic rings. The number of amidine groups is 1. The molecule has 4 rings (SSSR count). The van der Waals surface area contributed by atoms with Crippen molar-refractivity contribution in [1.29, 1.82) is 0 Å². The van der Waals surface area contributed by atoms with Gasteiger partial charge in [0.15, 0.2) is 0 Å². The molecule has 3 amide bonds. The molecule has 0 N–H and O–H groups in total. The summed E-state index contributed by atoms with van der Waals surface area (Å²) in [6.07, 6.45) is 0. The Hall–Kier alpha value is -3.40. The number of rotatable bonds is 5. The van der Waals surface area contributed by atoms with Crippen molar-refractivity contribution in [3.8, 4) is 0 Å². The lowest BCUT2D eigenvalue weighted by Gasteiger charge is -2.34. The minimum Gasteiger partial charge on any atom is -0.383 e. The van der Waals surface area contributed by atoms with Crippen LogP contribution in [0.4, 0.5) is 9.18 Å². The van der Waals surface area contributed by atoms with Gasteiger partial charge in [-0.1, -0.05) is 17.1 Å². The first-order valence-electron chi connectivity index (χ1n) is 10.3. The lowest BCUT2D eigenvalue weighted by Crippen LogP contribution is -2.63. The monoisotopic (exact) mass is 441 g/mol. The number of likely N-dealkylation sites (N-methyl/N-ethyl adjacent to an activating group) is 1. The summed E-state index contributed by atoms with van der Waals surface area (Å²) in [7, 11) is 3.12. The molecule has 1 saturated heterocycles. The van der Waals surface area contributed by atoms with E-state index in [2.05, 4.69) is 5.10 Å². The van der Waals surface area contributed by atoms with E-state index in [1.54, 1.807) is 23.9 Å². The quantitative estimate of drug-likeness (QED) is 0.661. The first-order chi connectivity index (χ1) is 15.2. The maximum absolute atomic E-state index is 13.5. The van der Waals surface area contributed by atoms with Crippen molar-refractivity contribution in [1.82, 2.24) is 19.6 Å². The van der Waals surface area contributed by atoms with E-state index in [0.717, 1.165) is 22.5 Å². The highest BCUT2D eigenvalue weighted by atomic mass is 19.1. The molecule has 1 fully saturated rings. The summed E-state index contributed by atoms with van der Waals surface area (Å²) >= 11 is 0. The van der Waals surface area contributed by atoms with Gasteiger partial charge in [-0.3, -0.25) is 14.6 Å². The van der Waals surface area contributed by atoms with Crippen molar-refractivity contribution in [2.24, 2.45) is 4.99 Å². The second kappa shape index (κ2) is 8.27. The Kier molecular flexibility index (Phi) is 5.64. The fourth-order valence-electron chi connectivity index (χ4n) is 3.93. The Balaban J connectivity index is 1.85. The van der Waals surface area contributed by atoms with E-state index >= 15 is 0 Å². The zero-order valence-electron chi connectivity index (χ0n) is 18.8. The largest absolute Gasteiger partial charge is 0.421 e. The number of fused-ring (bicyclic) bond motifs is 1. The Morgan fingerprint density at radius 1 is 1.16 bits per heavy atom. The summed E-state index contributed by atoms with van der Waals surface area (Å²) in [4.78, 5) is 33.6. The lowest BCUT2D eigenvalue weighted by atomic mass is 10.1. The van der Waals surface area contributed by atoms with Gasteiger partial charge in [-0.2, -0.15) is 0 Å². The van der Waals surface area contributed by atoms with Crippen LogP contribution in [0, 0.1) is 26.6 Å². The first kappa shape index (κ1) is 21.8. The van der Waals surface area contributed by atoms with E-state index in [-0.39, 0.29) is 31.4 Å². The highest BCUT2D eigenvalue weighted by Crippen LogP contribution is 2.23. The number of carbonyl (C=O) groups is 2. The average molecular weight is 441 g/mol. The summed E-state index contributed by atoms with van der Waals surface area (Å²) < 4.78 is 22.1. The van der Waals surface area contributed by atoms with E-state index < -0.39 is 12.1 Å². The van der Waals surface area contributed by atoms with E-state index in [9.17, 15) is 14.0 Å². The molecule has 2 aliphatic heterocycles. The van der Waals surface area contributed by atoms with Crippen LogP contribution in [0.15, 0.2) is 29.3 Å². The number of carbonyl (C=O) groups excluding carboxylic acids is 2. The summed E-state index contributed by atoms with van der Waals surface area (Å²) in [6, 6.07) is 4.84. The molecule has 2 aromatic rings. The minimum atomic E-state index is -0.807. The molecule has 3 heterocycles. The summed E-state index contributed by atoms with van der Waals surface area (Å²) in [5, 5.41) is 4.62. The van der Waals surface area contributed by atoms with Gasteiger partial charge in [-0.25, -0.2) is 13.8 Å². The summed E-state index contributed by atoms with van der Waals surface area (Å²) in [6.45, 7) is 6.48. The van der Waals surface area contributed by atoms with Gasteiger partial charge in [0.25, 0.3) is 5.91 Å².